The van der Waals surface area contributed by atoms with Crippen LogP contribution < -0.4 is 16.4 Å². The summed E-state index contributed by atoms with van der Waals surface area (Å²) < 4.78 is 10.6. The maximum Gasteiger partial charge on any atom is 0.337 e. The summed E-state index contributed by atoms with van der Waals surface area (Å²) in [5.74, 6) is -0.483. The Morgan fingerprint density at radius 2 is 1.37 bits per heavy atom. The maximum absolute atomic E-state index is 12.0. The van der Waals surface area contributed by atoms with Crippen molar-refractivity contribution in [3.05, 3.63) is 63.5 Å². The SMILES string of the molecule is COC(=O)c1cc(Nc2ncnc(Nc3ccc(I)cc3)c2N)cc(C(=O)OC)c1. The van der Waals surface area contributed by atoms with Crippen LogP contribution in [0, 0.1) is 3.57 Å². The van der Waals surface area contributed by atoms with E-state index in [9.17, 15) is 9.59 Å². The molecular weight excluding hydrogens is 501 g/mol. The predicted molar refractivity (Wildman–Crippen MR) is 121 cm³/mol. The zero-order valence-corrected chi connectivity index (χ0v) is 18.3. The summed E-state index contributed by atoms with van der Waals surface area (Å²) >= 11 is 2.22. The topological polar surface area (TPSA) is 128 Å². The number of nitrogen functional groups attached to an aromatic ring is 1. The predicted octanol–water partition coefficient (Wildman–Crippen LogP) is 3.72. The molecule has 10 heteroatoms. The molecular formula is C20H18IN5O4. The van der Waals surface area contributed by atoms with Gasteiger partial charge in [-0.25, -0.2) is 19.6 Å². The van der Waals surface area contributed by atoms with E-state index < -0.39 is 11.9 Å². The lowest BCUT2D eigenvalue weighted by Crippen LogP contribution is -2.09. The van der Waals surface area contributed by atoms with Gasteiger partial charge in [0.05, 0.1) is 25.3 Å². The molecule has 4 N–H and O–H groups in total. The van der Waals surface area contributed by atoms with Crippen LogP contribution >= 0.6 is 22.6 Å². The molecule has 0 bridgehead atoms. The van der Waals surface area contributed by atoms with Crippen LogP contribution in [0.25, 0.3) is 0 Å². The van der Waals surface area contributed by atoms with Crippen LogP contribution in [0.5, 0.6) is 0 Å². The van der Waals surface area contributed by atoms with Gasteiger partial charge in [-0.3, -0.25) is 0 Å². The minimum Gasteiger partial charge on any atom is -0.465 e. The molecule has 1 aromatic heterocycles. The number of halogens is 1. The van der Waals surface area contributed by atoms with Gasteiger partial charge in [0.15, 0.2) is 11.6 Å². The minimum atomic E-state index is -0.597. The van der Waals surface area contributed by atoms with Gasteiger partial charge < -0.3 is 25.8 Å². The lowest BCUT2D eigenvalue weighted by atomic mass is 10.1. The number of aromatic nitrogens is 2. The van der Waals surface area contributed by atoms with E-state index >= 15 is 0 Å². The van der Waals surface area contributed by atoms with Crippen molar-refractivity contribution < 1.29 is 19.1 Å². The number of nitrogens with zero attached hydrogens (tertiary/aromatic N) is 2. The summed E-state index contributed by atoms with van der Waals surface area (Å²) in [5, 5.41) is 6.15. The van der Waals surface area contributed by atoms with Gasteiger partial charge >= 0.3 is 11.9 Å². The molecule has 1 heterocycles. The molecule has 2 aromatic carbocycles. The highest BCUT2D eigenvalue weighted by molar-refractivity contribution is 14.1. The Bertz CT molecular complexity index is 1050. The summed E-state index contributed by atoms with van der Waals surface area (Å²) in [7, 11) is 2.51. The van der Waals surface area contributed by atoms with Gasteiger partial charge in [0.2, 0.25) is 0 Å². The summed E-state index contributed by atoms with van der Waals surface area (Å²) in [6, 6.07) is 12.1. The molecule has 0 atom stereocenters. The second kappa shape index (κ2) is 9.39. The number of nitrogens with one attached hydrogen (secondary N) is 2. The van der Waals surface area contributed by atoms with Crippen molar-refractivity contribution in [3.63, 3.8) is 0 Å². The fourth-order valence-corrected chi connectivity index (χ4v) is 2.93. The molecule has 3 aromatic rings. The summed E-state index contributed by atoms with van der Waals surface area (Å²) in [5.41, 5.74) is 8.05. The number of carbonyl (C=O) groups is 2. The van der Waals surface area contributed by atoms with Crippen molar-refractivity contribution in [2.45, 2.75) is 0 Å². The Balaban J connectivity index is 1.93. The Hall–Kier alpha value is -3.41. The first kappa shape index (κ1) is 21.3. The number of hydrogen-bond donors (Lipinski definition) is 3. The van der Waals surface area contributed by atoms with Gasteiger partial charge in [0.1, 0.15) is 12.0 Å². The maximum atomic E-state index is 12.0. The van der Waals surface area contributed by atoms with Crippen LogP contribution in [0.2, 0.25) is 0 Å². The molecule has 3 rings (SSSR count). The van der Waals surface area contributed by atoms with E-state index in [0.717, 1.165) is 9.26 Å². The van der Waals surface area contributed by atoms with Crippen molar-refractivity contribution >= 4 is 63.2 Å². The highest BCUT2D eigenvalue weighted by Crippen LogP contribution is 2.29. The molecule has 9 nitrogen and oxygen atoms in total. The minimum absolute atomic E-state index is 0.174. The largest absolute Gasteiger partial charge is 0.465 e. The van der Waals surface area contributed by atoms with Gasteiger partial charge in [-0.2, -0.15) is 0 Å². The summed E-state index contributed by atoms with van der Waals surface area (Å²) in [6.45, 7) is 0. The first-order valence-corrected chi connectivity index (χ1v) is 9.71. The number of nitrogens with two attached hydrogens (primary N) is 1. The number of ether oxygens (including phenoxy) is 2. The van der Waals surface area contributed by atoms with Crippen molar-refractivity contribution in [3.8, 4) is 0 Å². The summed E-state index contributed by atoms with van der Waals surface area (Å²) in [6.07, 6.45) is 1.35. The number of rotatable bonds is 6. The molecule has 0 aliphatic heterocycles. The Morgan fingerprint density at radius 3 is 1.87 bits per heavy atom. The third-order valence-corrected chi connectivity index (χ3v) is 4.75. The van der Waals surface area contributed by atoms with Crippen LogP contribution in [-0.2, 0) is 9.47 Å². The van der Waals surface area contributed by atoms with E-state index in [1.807, 2.05) is 24.3 Å². The molecule has 0 spiro atoms. The highest BCUT2D eigenvalue weighted by Gasteiger charge is 2.15. The van der Waals surface area contributed by atoms with E-state index in [-0.39, 0.29) is 16.8 Å². The van der Waals surface area contributed by atoms with E-state index in [2.05, 4.69) is 43.2 Å². The third-order valence-electron chi connectivity index (χ3n) is 4.03. The molecule has 0 radical (unpaired) electrons. The molecule has 30 heavy (non-hydrogen) atoms. The zero-order valence-electron chi connectivity index (χ0n) is 16.1. The van der Waals surface area contributed by atoms with Crippen LogP contribution in [-0.4, -0.2) is 36.1 Å². The van der Waals surface area contributed by atoms with Crippen LogP contribution in [0.4, 0.5) is 28.7 Å². The summed E-state index contributed by atoms with van der Waals surface area (Å²) in [4.78, 5) is 32.3. The average Bonchev–Trinajstić information content (AvgIpc) is 2.76. The number of hydrogen-bond acceptors (Lipinski definition) is 9. The van der Waals surface area contributed by atoms with Crippen molar-refractivity contribution in [2.75, 3.05) is 30.6 Å². The molecule has 0 amide bonds. The number of carbonyl (C=O) groups excluding carboxylic acids is 2. The molecule has 0 fully saturated rings. The van der Waals surface area contributed by atoms with E-state index in [1.165, 1.54) is 38.7 Å². The second-order valence-electron chi connectivity index (χ2n) is 6.02. The fraction of sp³-hybridized carbons (Fsp3) is 0.100. The Morgan fingerprint density at radius 1 is 0.867 bits per heavy atom. The van der Waals surface area contributed by atoms with Crippen molar-refractivity contribution in [2.24, 2.45) is 0 Å². The zero-order chi connectivity index (χ0) is 21.7. The van der Waals surface area contributed by atoms with Gasteiger partial charge in [0.25, 0.3) is 0 Å². The molecule has 154 valence electrons. The van der Waals surface area contributed by atoms with Gasteiger partial charge in [-0.1, -0.05) is 0 Å². The Labute approximate surface area is 186 Å². The van der Waals surface area contributed by atoms with E-state index in [4.69, 9.17) is 15.2 Å². The molecule has 0 saturated carbocycles. The van der Waals surface area contributed by atoms with Crippen LogP contribution in [0.1, 0.15) is 20.7 Å². The number of anilines is 5. The quantitative estimate of drug-likeness (QED) is 0.330. The third kappa shape index (κ3) is 4.95. The molecule has 0 aliphatic rings. The lowest BCUT2D eigenvalue weighted by molar-refractivity contribution is 0.0599. The fourth-order valence-electron chi connectivity index (χ4n) is 2.57. The highest BCUT2D eigenvalue weighted by atomic mass is 127. The number of benzene rings is 2. The van der Waals surface area contributed by atoms with E-state index in [1.54, 1.807) is 0 Å². The van der Waals surface area contributed by atoms with Gasteiger partial charge in [0, 0.05) is 14.9 Å². The van der Waals surface area contributed by atoms with E-state index in [0.29, 0.717) is 17.3 Å². The molecule has 0 unspecified atom stereocenters. The van der Waals surface area contributed by atoms with Gasteiger partial charge in [-0.05, 0) is 65.1 Å². The Kier molecular flexibility index (Phi) is 6.67. The lowest BCUT2D eigenvalue weighted by Gasteiger charge is -2.14. The van der Waals surface area contributed by atoms with Crippen molar-refractivity contribution in [1.29, 1.82) is 0 Å². The molecule has 0 aliphatic carbocycles. The second-order valence-corrected chi connectivity index (χ2v) is 7.27. The van der Waals surface area contributed by atoms with Crippen molar-refractivity contribution in [1.82, 2.24) is 9.97 Å². The number of esters is 2. The molecule has 0 saturated heterocycles. The van der Waals surface area contributed by atoms with Crippen LogP contribution in [0.3, 0.4) is 0 Å². The van der Waals surface area contributed by atoms with Gasteiger partial charge in [-0.15, -0.1) is 0 Å². The van der Waals surface area contributed by atoms with Crippen LogP contribution in [0.15, 0.2) is 48.8 Å². The first-order valence-electron chi connectivity index (χ1n) is 8.63. The monoisotopic (exact) mass is 519 g/mol. The standard InChI is InChI=1S/C20H18IN5O4/c1-29-19(27)11-7-12(20(28)30-2)9-15(8-11)26-18-16(22)17(23-10-24-18)25-14-5-3-13(21)4-6-14/h3-10H,22H2,1-2H3,(H2,23,24,25,26). The smallest absolute Gasteiger partial charge is 0.337 e. The number of methoxy groups -OCH3 is 2. The average molecular weight is 519 g/mol. The normalized spacial score (nSPS) is 10.2. The first-order chi connectivity index (χ1) is 14.4.